The third-order valence-corrected chi connectivity index (χ3v) is 5.04. The van der Waals surface area contributed by atoms with Gasteiger partial charge in [-0.05, 0) is 24.0 Å². The summed E-state index contributed by atoms with van der Waals surface area (Å²) in [6, 6.07) is 11.9. The largest absolute Gasteiger partial charge is 0.393 e. The zero-order valence-corrected chi connectivity index (χ0v) is 14.3. The van der Waals surface area contributed by atoms with Crippen molar-refractivity contribution in [2.45, 2.75) is 19.4 Å². The summed E-state index contributed by atoms with van der Waals surface area (Å²) in [6.45, 7) is 2.52. The average molecular weight is 376 g/mol. The molecule has 2 aromatic carbocycles. The van der Waals surface area contributed by atoms with E-state index in [1.807, 2.05) is 18.2 Å². The first-order chi connectivity index (χ1) is 11.1. The quantitative estimate of drug-likeness (QED) is 0.503. The minimum atomic E-state index is -0.413. The molecule has 0 bridgehead atoms. The normalized spacial score (nSPS) is 14.5. The lowest BCUT2D eigenvalue weighted by Crippen LogP contribution is -2.33. The zero-order valence-electron chi connectivity index (χ0n) is 12.7. The molecule has 0 atom stereocenters. The van der Waals surface area contributed by atoms with Crippen LogP contribution in [0.1, 0.15) is 16.7 Å². The molecule has 120 valence electrons. The summed E-state index contributed by atoms with van der Waals surface area (Å²) in [7, 11) is 0. The van der Waals surface area contributed by atoms with Crippen LogP contribution in [0.25, 0.3) is 0 Å². The van der Waals surface area contributed by atoms with Gasteiger partial charge in [0.1, 0.15) is 5.69 Å². The van der Waals surface area contributed by atoms with Crippen molar-refractivity contribution >= 4 is 27.3 Å². The van der Waals surface area contributed by atoms with E-state index in [4.69, 9.17) is 5.73 Å². The van der Waals surface area contributed by atoms with Gasteiger partial charge in [0, 0.05) is 35.7 Å². The highest BCUT2D eigenvalue weighted by Gasteiger charge is 2.26. The van der Waals surface area contributed by atoms with Gasteiger partial charge in [-0.15, -0.1) is 0 Å². The third kappa shape index (κ3) is 3.38. The van der Waals surface area contributed by atoms with E-state index in [-0.39, 0.29) is 5.69 Å². The number of nitro benzene ring substituents is 1. The van der Waals surface area contributed by atoms with Crippen molar-refractivity contribution < 1.29 is 4.92 Å². The van der Waals surface area contributed by atoms with Gasteiger partial charge in [-0.1, -0.05) is 46.3 Å². The van der Waals surface area contributed by atoms with Gasteiger partial charge in [0.25, 0.3) is 5.69 Å². The molecular weight excluding hydrogens is 358 g/mol. The van der Waals surface area contributed by atoms with E-state index in [0.29, 0.717) is 12.2 Å². The second-order valence-electron chi connectivity index (χ2n) is 5.77. The fourth-order valence-electron chi connectivity index (χ4n) is 3.04. The molecule has 0 spiro atoms. The van der Waals surface area contributed by atoms with Gasteiger partial charge < -0.3 is 5.73 Å². The van der Waals surface area contributed by atoms with Crippen molar-refractivity contribution in [1.29, 1.82) is 0 Å². The number of hydrogen-bond donors (Lipinski definition) is 1. The first-order valence-electron chi connectivity index (χ1n) is 7.56. The predicted octanol–water partition coefficient (Wildman–Crippen LogP) is 3.54. The van der Waals surface area contributed by atoms with Crippen molar-refractivity contribution in [3.63, 3.8) is 0 Å². The van der Waals surface area contributed by atoms with E-state index >= 15 is 0 Å². The van der Waals surface area contributed by atoms with Gasteiger partial charge in [0.2, 0.25) is 0 Å². The SMILES string of the molecule is Nc1c([N+](=O)[O-])cc(Br)c2c1CN(CCc1ccccc1)CC2. The molecule has 6 heteroatoms. The third-order valence-electron chi connectivity index (χ3n) is 4.33. The van der Waals surface area contributed by atoms with Crippen LogP contribution in [-0.4, -0.2) is 22.9 Å². The van der Waals surface area contributed by atoms with E-state index in [0.717, 1.165) is 41.5 Å². The molecule has 0 saturated heterocycles. The molecule has 2 N–H and O–H groups in total. The van der Waals surface area contributed by atoms with Gasteiger partial charge in [0.05, 0.1) is 4.92 Å². The van der Waals surface area contributed by atoms with E-state index in [2.05, 4.69) is 33.0 Å². The van der Waals surface area contributed by atoms with Crippen LogP contribution < -0.4 is 5.73 Å². The summed E-state index contributed by atoms with van der Waals surface area (Å²) in [5.74, 6) is 0. The van der Waals surface area contributed by atoms with Crippen molar-refractivity contribution in [3.05, 3.63) is 67.7 Å². The minimum absolute atomic E-state index is 0.0134. The lowest BCUT2D eigenvalue weighted by atomic mass is 9.96. The second-order valence-corrected chi connectivity index (χ2v) is 6.62. The van der Waals surface area contributed by atoms with E-state index in [1.54, 1.807) is 0 Å². The molecule has 0 fully saturated rings. The molecule has 0 amide bonds. The number of nitrogens with two attached hydrogens (primary N) is 1. The van der Waals surface area contributed by atoms with E-state index < -0.39 is 4.92 Å². The summed E-state index contributed by atoms with van der Waals surface area (Å²) in [5.41, 5.74) is 9.64. The fraction of sp³-hybridized carbons (Fsp3) is 0.294. The molecule has 0 saturated carbocycles. The Kier molecular flexibility index (Phi) is 4.63. The molecule has 5 nitrogen and oxygen atoms in total. The predicted molar refractivity (Wildman–Crippen MR) is 94.3 cm³/mol. The van der Waals surface area contributed by atoms with Gasteiger partial charge in [-0.3, -0.25) is 15.0 Å². The Hall–Kier alpha value is -1.92. The molecule has 0 aliphatic carbocycles. The highest BCUT2D eigenvalue weighted by Crippen LogP contribution is 2.37. The van der Waals surface area contributed by atoms with Gasteiger partial charge >= 0.3 is 0 Å². The van der Waals surface area contributed by atoms with Crippen molar-refractivity contribution in [1.82, 2.24) is 4.90 Å². The molecule has 1 aliphatic heterocycles. The van der Waals surface area contributed by atoms with Crippen LogP contribution in [0.2, 0.25) is 0 Å². The highest BCUT2D eigenvalue weighted by molar-refractivity contribution is 9.10. The number of fused-ring (bicyclic) bond motifs is 1. The first kappa shape index (κ1) is 16.0. The lowest BCUT2D eigenvalue weighted by molar-refractivity contribution is -0.384. The maximum atomic E-state index is 11.1. The maximum Gasteiger partial charge on any atom is 0.293 e. The Morgan fingerprint density at radius 2 is 2.00 bits per heavy atom. The molecular formula is C17H18BrN3O2. The van der Waals surface area contributed by atoms with E-state index in [9.17, 15) is 10.1 Å². The van der Waals surface area contributed by atoms with Crippen LogP contribution in [-0.2, 0) is 19.4 Å². The van der Waals surface area contributed by atoms with Gasteiger partial charge in [-0.2, -0.15) is 0 Å². The Balaban J connectivity index is 1.78. The van der Waals surface area contributed by atoms with Gasteiger partial charge in [-0.25, -0.2) is 0 Å². The molecule has 0 radical (unpaired) electrons. The number of rotatable bonds is 4. The number of nitrogens with zero attached hydrogens (tertiary/aromatic N) is 2. The molecule has 0 unspecified atom stereocenters. The lowest BCUT2D eigenvalue weighted by Gasteiger charge is -2.30. The number of anilines is 1. The van der Waals surface area contributed by atoms with Gasteiger partial charge in [0.15, 0.2) is 0 Å². The summed E-state index contributed by atoms with van der Waals surface area (Å²) in [4.78, 5) is 13.0. The average Bonchev–Trinajstić information content (AvgIpc) is 2.57. The number of halogens is 1. The summed E-state index contributed by atoms with van der Waals surface area (Å²) in [6.07, 6.45) is 1.82. The number of nitro groups is 1. The highest BCUT2D eigenvalue weighted by atomic mass is 79.9. The Bertz CT molecular complexity index is 734. The monoisotopic (exact) mass is 375 g/mol. The van der Waals surface area contributed by atoms with Crippen molar-refractivity contribution in [2.75, 3.05) is 18.8 Å². The van der Waals surface area contributed by atoms with Crippen molar-refractivity contribution in [3.8, 4) is 0 Å². The van der Waals surface area contributed by atoms with Crippen LogP contribution in [0.4, 0.5) is 11.4 Å². The second kappa shape index (κ2) is 6.68. The molecule has 1 aliphatic rings. The summed E-state index contributed by atoms with van der Waals surface area (Å²) < 4.78 is 0.788. The van der Waals surface area contributed by atoms with Crippen molar-refractivity contribution in [2.24, 2.45) is 0 Å². The summed E-state index contributed by atoms with van der Waals surface area (Å²) in [5, 5.41) is 11.1. The molecule has 0 aromatic heterocycles. The molecule has 3 rings (SSSR count). The molecule has 1 heterocycles. The first-order valence-corrected chi connectivity index (χ1v) is 8.36. The number of benzene rings is 2. The van der Waals surface area contributed by atoms with Crippen LogP contribution in [0.15, 0.2) is 40.9 Å². The number of nitrogen functional groups attached to an aromatic ring is 1. The topological polar surface area (TPSA) is 72.4 Å². The smallest absolute Gasteiger partial charge is 0.293 e. The Morgan fingerprint density at radius 3 is 2.70 bits per heavy atom. The Labute approximate surface area is 143 Å². The molecule has 23 heavy (non-hydrogen) atoms. The van der Waals surface area contributed by atoms with Crippen LogP contribution >= 0.6 is 15.9 Å². The standard InChI is InChI=1S/C17H18BrN3O2/c18-15-10-16(21(22)23)17(19)14-11-20(9-7-13(14)15)8-6-12-4-2-1-3-5-12/h1-5,10H,6-9,11,19H2. The Morgan fingerprint density at radius 1 is 1.26 bits per heavy atom. The zero-order chi connectivity index (χ0) is 16.4. The van der Waals surface area contributed by atoms with Crippen LogP contribution in [0, 0.1) is 10.1 Å². The summed E-state index contributed by atoms with van der Waals surface area (Å²) >= 11 is 3.45. The maximum absolute atomic E-state index is 11.1. The van der Waals surface area contributed by atoms with Crippen LogP contribution in [0.3, 0.4) is 0 Å². The fourth-order valence-corrected chi connectivity index (χ4v) is 3.70. The minimum Gasteiger partial charge on any atom is -0.393 e. The van der Waals surface area contributed by atoms with Crippen LogP contribution in [0.5, 0.6) is 0 Å². The molecule has 2 aromatic rings. The number of hydrogen-bond acceptors (Lipinski definition) is 4. The van der Waals surface area contributed by atoms with E-state index in [1.165, 1.54) is 11.6 Å².